The van der Waals surface area contributed by atoms with E-state index in [1.165, 1.54) is 0 Å². The number of rotatable bonds is 7. The van der Waals surface area contributed by atoms with E-state index in [9.17, 15) is 9.59 Å². The van der Waals surface area contributed by atoms with Crippen molar-refractivity contribution in [3.05, 3.63) is 23.8 Å². The number of hydrogen-bond acceptors (Lipinski definition) is 6. The zero-order valence-corrected chi connectivity index (χ0v) is 17.4. The molecule has 0 saturated carbocycles. The molecule has 0 aromatic heterocycles. The van der Waals surface area contributed by atoms with Gasteiger partial charge in [0.15, 0.2) is 11.5 Å². The lowest BCUT2D eigenvalue weighted by Crippen LogP contribution is -2.39. The van der Waals surface area contributed by atoms with Crippen LogP contribution in [0.3, 0.4) is 0 Å². The Morgan fingerprint density at radius 1 is 1.33 bits per heavy atom. The standard InChI is InChI=1S/C19H28N2O5S/c1-6-25-15-11-13(7-8-14(15)24-5)17-21(16(22)12-27-17)10-9-20-18(23)26-19(2,3)4/h7-8,11,17H,6,9-10,12H2,1-5H3,(H,20,23). The fourth-order valence-corrected chi connectivity index (χ4v) is 3.89. The molecule has 150 valence electrons. The van der Waals surface area contributed by atoms with E-state index in [1.54, 1.807) is 23.8 Å². The molecule has 0 radical (unpaired) electrons. The van der Waals surface area contributed by atoms with Gasteiger partial charge in [-0.15, -0.1) is 11.8 Å². The Labute approximate surface area is 164 Å². The van der Waals surface area contributed by atoms with Gasteiger partial charge < -0.3 is 24.4 Å². The summed E-state index contributed by atoms with van der Waals surface area (Å²) in [7, 11) is 1.60. The minimum Gasteiger partial charge on any atom is -0.493 e. The van der Waals surface area contributed by atoms with Gasteiger partial charge in [-0.3, -0.25) is 4.79 Å². The average Bonchev–Trinajstić information content (AvgIpc) is 2.94. The summed E-state index contributed by atoms with van der Waals surface area (Å²) in [5.41, 5.74) is 0.414. The van der Waals surface area contributed by atoms with Crippen LogP contribution in [-0.2, 0) is 9.53 Å². The molecule has 1 atom stereocenters. The predicted octanol–water partition coefficient (Wildman–Crippen LogP) is 3.19. The summed E-state index contributed by atoms with van der Waals surface area (Å²) in [5.74, 6) is 1.77. The Hall–Kier alpha value is -2.09. The number of hydrogen-bond donors (Lipinski definition) is 1. The summed E-state index contributed by atoms with van der Waals surface area (Å²) < 4.78 is 16.2. The highest BCUT2D eigenvalue weighted by Crippen LogP contribution is 2.41. The zero-order valence-electron chi connectivity index (χ0n) is 16.5. The molecule has 0 aliphatic carbocycles. The van der Waals surface area contributed by atoms with Gasteiger partial charge in [-0.1, -0.05) is 6.07 Å². The van der Waals surface area contributed by atoms with Crippen molar-refractivity contribution in [1.82, 2.24) is 10.2 Å². The number of nitrogens with one attached hydrogen (secondary N) is 1. The number of amides is 2. The van der Waals surface area contributed by atoms with E-state index in [0.717, 1.165) is 5.56 Å². The second-order valence-corrected chi connectivity index (χ2v) is 8.09. The molecule has 1 aliphatic rings. The van der Waals surface area contributed by atoms with Gasteiger partial charge in [-0.05, 0) is 45.4 Å². The molecule has 7 nitrogen and oxygen atoms in total. The smallest absolute Gasteiger partial charge is 0.407 e. The molecule has 0 spiro atoms. The molecule has 1 aromatic carbocycles. The van der Waals surface area contributed by atoms with Gasteiger partial charge in [0.05, 0.1) is 19.5 Å². The molecule has 1 aliphatic heterocycles. The van der Waals surface area contributed by atoms with E-state index in [1.807, 2.05) is 45.9 Å². The number of nitrogens with zero attached hydrogens (tertiary/aromatic N) is 1. The third-order valence-electron chi connectivity index (χ3n) is 3.76. The maximum Gasteiger partial charge on any atom is 0.407 e. The summed E-state index contributed by atoms with van der Waals surface area (Å²) in [5, 5.41) is 2.58. The van der Waals surface area contributed by atoms with Gasteiger partial charge >= 0.3 is 6.09 Å². The molecule has 8 heteroatoms. The number of alkyl carbamates (subject to hydrolysis) is 1. The Balaban J connectivity index is 2.03. The lowest BCUT2D eigenvalue weighted by molar-refractivity contribution is -0.128. The maximum absolute atomic E-state index is 12.3. The van der Waals surface area contributed by atoms with Crippen LogP contribution in [0.4, 0.5) is 4.79 Å². The van der Waals surface area contributed by atoms with Gasteiger partial charge in [-0.25, -0.2) is 4.79 Å². The molecule has 1 N–H and O–H groups in total. The summed E-state index contributed by atoms with van der Waals surface area (Å²) in [6.45, 7) is 8.60. The van der Waals surface area contributed by atoms with Gasteiger partial charge in [0.25, 0.3) is 0 Å². The van der Waals surface area contributed by atoms with Gasteiger partial charge in [0.2, 0.25) is 5.91 Å². The van der Waals surface area contributed by atoms with E-state index >= 15 is 0 Å². The Morgan fingerprint density at radius 2 is 2.07 bits per heavy atom. The molecule has 1 aromatic rings. The first-order valence-corrected chi connectivity index (χ1v) is 9.98. The minimum atomic E-state index is -0.551. The summed E-state index contributed by atoms with van der Waals surface area (Å²) >= 11 is 1.56. The van der Waals surface area contributed by atoms with Crippen LogP contribution in [0.2, 0.25) is 0 Å². The molecule has 0 bridgehead atoms. The second-order valence-electron chi connectivity index (χ2n) is 7.02. The number of benzene rings is 1. The fourth-order valence-electron chi connectivity index (χ4n) is 2.68. The van der Waals surface area contributed by atoms with Crippen molar-refractivity contribution in [3.63, 3.8) is 0 Å². The SMILES string of the molecule is CCOc1cc(C2SCC(=O)N2CCNC(=O)OC(C)(C)C)ccc1OC. The van der Waals surface area contributed by atoms with Crippen LogP contribution >= 0.6 is 11.8 Å². The maximum atomic E-state index is 12.3. The fraction of sp³-hybridized carbons (Fsp3) is 0.579. The largest absolute Gasteiger partial charge is 0.493 e. The predicted molar refractivity (Wildman–Crippen MR) is 105 cm³/mol. The molecule has 1 saturated heterocycles. The van der Waals surface area contributed by atoms with Crippen molar-refractivity contribution < 1.29 is 23.8 Å². The van der Waals surface area contributed by atoms with Crippen LogP contribution in [0.5, 0.6) is 11.5 Å². The third kappa shape index (κ3) is 5.95. The van der Waals surface area contributed by atoms with E-state index in [2.05, 4.69) is 5.32 Å². The highest BCUT2D eigenvalue weighted by atomic mass is 32.2. The van der Waals surface area contributed by atoms with Crippen molar-refractivity contribution in [2.75, 3.05) is 32.6 Å². The van der Waals surface area contributed by atoms with Crippen molar-refractivity contribution in [2.45, 2.75) is 38.7 Å². The molecule has 1 unspecified atom stereocenters. The zero-order chi connectivity index (χ0) is 20.0. The van der Waals surface area contributed by atoms with Gasteiger partial charge in [0, 0.05) is 13.1 Å². The molecular formula is C19H28N2O5S. The lowest BCUT2D eigenvalue weighted by atomic mass is 10.1. The van der Waals surface area contributed by atoms with Crippen molar-refractivity contribution in [2.24, 2.45) is 0 Å². The Morgan fingerprint density at radius 3 is 2.70 bits per heavy atom. The van der Waals surface area contributed by atoms with Crippen LogP contribution in [0.1, 0.15) is 38.6 Å². The monoisotopic (exact) mass is 396 g/mol. The number of carbonyl (C=O) groups excluding carboxylic acids is 2. The minimum absolute atomic E-state index is 0.0461. The first kappa shape index (κ1) is 21.2. The molecule has 27 heavy (non-hydrogen) atoms. The lowest BCUT2D eigenvalue weighted by Gasteiger charge is -2.25. The van der Waals surface area contributed by atoms with Gasteiger partial charge in [-0.2, -0.15) is 0 Å². The molecular weight excluding hydrogens is 368 g/mol. The Bertz CT molecular complexity index is 675. The van der Waals surface area contributed by atoms with E-state index < -0.39 is 11.7 Å². The molecule has 2 rings (SSSR count). The van der Waals surface area contributed by atoms with Crippen LogP contribution in [0.25, 0.3) is 0 Å². The number of methoxy groups -OCH3 is 1. The van der Waals surface area contributed by atoms with Crippen LogP contribution in [0.15, 0.2) is 18.2 Å². The highest BCUT2D eigenvalue weighted by molar-refractivity contribution is 8.00. The summed E-state index contributed by atoms with van der Waals surface area (Å²) in [6, 6.07) is 5.69. The molecule has 1 fully saturated rings. The highest BCUT2D eigenvalue weighted by Gasteiger charge is 2.33. The van der Waals surface area contributed by atoms with Crippen LogP contribution in [0, 0.1) is 0 Å². The average molecular weight is 397 g/mol. The number of ether oxygens (including phenoxy) is 3. The normalized spacial score (nSPS) is 17.0. The van der Waals surface area contributed by atoms with E-state index in [-0.39, 0.29) is 11.3 Å². The third-order valence-corrected chi connectivity index (χ3v) is 5.02. The first-order valence-electron chi connectivity index (χ1n) is 8.94. The van der Waals surface area contributed by atoms with Crippen LogP contribution < -0.4 is 14.8 Å². The van der Waals surface area contributed by atoms with E-state index in [4.69, 9.17) is 14.2 Å². The number of thioether (sulfide) groups is 1. The molecule has 1 heterocycles. The summed E-state index contributed by atoms with van der Waals surface area (Å²) in [4.78, 5) is 25.8. The first-order chi connectivity index (χ1) is 12.7. The van der Waals surface area contributed by atoms with Gasteiger partial charge in [0.1, 0.15) is 11.0 Å². The Kier molecular flexibility index (Phi) is 7.24. The van der Waals surface area contributed by atoms with Crippen molar-refractivity contribution in [1.29, 1.82) is 0 Å². The topological polar surface area (TPSA) is 77.1 Å². The second kappa shape index (κ2) is 9.21. The quantitative estimate of drug-likeness (QED) is 0.763. The van der Waals surface area contributed by atoms with Crippen LogP contribution in [-0.4, -0.2) is 55.1 Å². The van der Waals surface area contributed by atoms with Crippen molar-refractivity contribution in [3.8, 4) is 11.5 Å². The number of carbonyl (C=O) groups is 2. The van der Waals surface area contributed by atoms with E-state index in [0.29, 0.717) is 36.9 Å². The molecule has 2 amide bonds. The summed E-state index contributed by atoms with van der Waals surface area (Å²) in [6.07, 6.45) is -0.485. The van der Waals surface area contributed by atoms with Crippen molar-refractivity contribution >= 4 is 23.8 Å².